The third kappa shape index (κ3) is 3.21. The van der Waals surface area contributed by atoms with Crippen LogP contribution in [0, 0.1) is 0 Å². The van der Waals surface area contributed by atoms with Crippen molar-refractivity contribution in [3.05, 3.63) is 47.5 Å². The van der Waals surface area contributed by atoms with Crippen LogP contribution in [0.5, 0.6) is 17.2 Å². The zero-order valence-corrected chi connectivity index (χ0v) is 13.7. The van der Waals surface area contributed by atoms with Gasteiger partial charge in [0.15, 0.2) is 11.5 Å². The Morgan fingerprint density at radius 3 is 2.05 bits per heavy atom. The lowest BCUT2D eigenvalue weighted by atomic mass is 9.97. The summed E-state index contributed by atoms with van der Waals surface area (Å²) in [5.41, 5.74) is 12.9. The molecule has 0 heterocycles. The summed E-state index contributed by atoms with van der Waals surface area (Å²) in [4.78, 5) is 0. The van der Waals surface area contributed by atoms with Crippen molar-refractivity contribution in [1.82, 2.24) is 0 Å². The molecule has 0 radical (unpaired) electrons. The third-order valence-corrected chi connectivity index (χ3v) is 3.48. The van der Waals surface area contributed by atoms with Crippen LogP contribution < -0.4 is 38.1 Å². The minimum absolute atomic E-state index is 0. The molecule has 5 nitrogen and oxygen atoms in total. The van der Waals surface area contributed by atoms with Crippen molar-refractivity contribution in [2.75, 3.05) is 27.1 Å². The highest BCUT2D eigenvalue weighted by atomic mass is 35.5. The summed E-state index contributed by atoms with van der Waals surface area (Å²) in [6.45, 7) is 0. The molecule has 22 heavy (non-hydrogen) atoms. The molecule has 1 unspecified atom stereocenters. The Balaban J connectivity index is 0.00000242. The van der Waals surface area contributed by atoms with Crippen LogP contribution in [0.2, 0.25) is 0 Å². The number of anilines is 1. The van der Waals surface area contributed by atoms with Gasteiger partial charge in [-0.3, -0.25) is 0 Å². The van der Waals surface area contributed by atoms with E-state index < -0.39 is 0 Å². The van der Waals surface area contributed by atoms with E-state index in [2.05, 4.69) is 5.73 Å². The van der Waals surface area contributed by atoms with Crippen molar-refractivity contribution >= 4 is 5.69 Å². The maximum atomic E-state index is 6.23. The predicted molar refractivity (Wildman–Crippen MR) is 81.7 cm³/mol. The first kappa shape index (κ1) is 17.9. The second kappa shape index (κ2) is 7.77. The van der Waals surface area contributed by atoms with Gasteiger partial charge in [-0.25, -0.2) is 0 Å². The van der Waals surface area contributed by atoms with E-state index in [0.29, 0.717) is 22.9 Å². The highest BCUT2D eigenvalue weighted by molar-refractivity contribution is 5.71. The van der Waals surface area contributed by atoms with Gasteiger partial charge in [-0.15, -0.1) is 0 Å². The lowest BCUT2D eigenvalue weighted by Gasteiger charge is -2.19. The van der Waals surface area contributed by atoms with Gasteiger partial charge in [-0.2, -0.15) is 0 Å². The minimum atomic E-state index is -0.125. The lowest BCUT2D eigenvalue weighted by molar-refractivity contribution is -0.411. The zero-order chi connectivity index (χ0) is 15.4. The molecule has 0 saturated carbocycles. The number of rotatable bonds is 5. The summed E-state index contributed by atoms with van der Waals surface area (Å²) in [7, 11) is 4.69. The van der Waals surface area contributed by atoms with Gasteiger partial charge < -0.3 is 38.1 Å². The molecule has 2 aromatic rings. The van der Waals surface area contributed by atoms with Gasteiger partial charge in [0.05, 0.1) is 27.0 Å². The van der Waals surface area contributed by atoms with Crippen LogP contribution >= 0.6 is 0 Å². The normalized spacial score (nSPS) is 11.3. The van der Waals surface area contributed by atoms with E-state index in [0.717, 1.165) is 11.1 Å². The molecule has 0 spiro atoms. The van der Waals surface area contributed by atoms with Crippen molar-refractivity contribution in [2.24, 2.45) is 0 Å². The number of halogens is 1. The van der Waals surface area contributed by atoms with Crippen LogP contribution in [0.4, 0.5) is 5.69 Å². The fourth-order valence-electron chi connectivity index (χ4n) is 2.35. The van der Waals surface area contributed by atoms with Gasteiger partial charge in [0.25, 0.3) is 0 Å². The minimum Gasteiger partial charge on any atom is -1.00 e. The molecular weight excluding hydrogens is 304 g/mol. The summed E-state index contributed by atoms with van der Waals surface area (Å²) >= 11 is 0. The second-order valence-electron chi connectivity index (χ2n) is 4.61. The zero-order valence-electron chi connectivity index (χ0n) is 12.9. The van der Waals surface area contributed by atoms with Gasteiger partial charge in [-0.1, -0.05) is 30.3 Å². The van der Waals surface area contributed by atoms with E-state index in [1.54, 1.807) is 21.3 Å². The first-order chi connectivity index (χ1) is 10.1. The summed E-state index contributed by atoms with van der Waals surface area (Å²) in [6.07, 6.45) is 0. The Morgan fingerprint density at radius 2 is 1.55 bits per heavy atom. The van der Waals surface area contributed by atoms with Crippen molar-refractivity contribution in [1.29, 1.82) is 0 Å². The van der Waals surface area contributed by atoms with Crippen LogP contribution in [0.3, 0.4) is 0 Å². The molecule has 2 aromatic carbocycles. The summed E-state index contributed by atoms with van der Waals surface area (Å²) in [6, 6.07) is 11.7. The molecule has 0 amide bonds. The molecule has 0 fully saturated rings. The van der Waals surface area contributed by atoms with Gasteiger partial charge in [0.2, 0.25) is 5.75 Å². The van der Waals surface area contributed by atoms with Crippen LogP contribution in [-0.4, -0.2) is 21.3 Å². The third-order valence-electron chi connectivity index (χ3n) is 3.48. The monoisotopic (exact) mass is 324 g/mol. The molecule has 2 rings (SSSR count). The molecule has 0 aliphatic rings. The number of hydrogen-bond acceptors (Lipinski definition) is 4. The van der Waals surface area contributed by atoms with Crippen LogP contribution in [0.15, 0.2) is 36.4 Å². The number of ether oxygens (including phenoxy) is 3. The van der Waals surface area contributed by atoms with Gasteiger partial charge in [-0.05, 0) is 6.07 Å². The van der Waals surface area contributed by atoms with Gasteiger partial charge >= 0.3 is 0 Å². The fourth-order valence-corrected chi connectivity index (χ4v) is 2.35. The number of benzene rings is 2. The molecule has 6 heteroatoms. The van der Waals surface area contributed by atoms with Crippen molar-refractivity contribution in [3.8, 4) is 17.2 Å². The smallest absolute Gasteiger partial charge is 0.205 e. The summed E-state index contributed by atoms with van der Waals surface area (Å²) < 4.78 is 16.1. The number of quaternary nitrogens is 1. The predicted octanol–water partition coefficient (Wildman–Crippen LogP) is -1.37. The molecule has 0 bridgehead atoms. The SMILES string of the molecule is COc1cc(C([NH3+])c2ccccc2)c(N)c(OC)c1OC.[Cl-]. The van der Waals surface area contributed by atoms with Crippen LogP contribution in [-0.2, 0) is 0 Å². The van der Waals surface area contributed by atoms with Crippen molar-refractivity contribution in [3.63, 3.8) is 0 Å². The van der Waals surface area contributed by atoms with Gasteiger partial charge in [0.1, 0.15) is 6.04 Å². The van der Waals surface area contributed by atoms with E-state index in [1.165, 1.54) is 0 Å². The van der Waals surface area contributed by atoms with Crippen molar-refractivity contribution < 1.29 is 32.4 Å². The lowest BCUT2D eigenvalue weighted by Crippen LogP contribution is -3.00. The highest BCUT2D eigenvalue weighted by Gasteiger charge is 2.24. The Bertz CT molecular complexity index is 621. The van der Waals surface area contributed by atoms with Crippen LogP contribution in [0.25, 0.3) is 0 Å². The molecule has 0 aromatic heterocycles. The van der Waals surface area contributed by atoms with Gasteiger partial charge in [0, 0.05) is 11.1 Å². The topological polar surface area (TPSA) is 81.4 Å². The highest BCUT2D eigenvalue weighted by Crippen LogP contribution is 2.45. The maximum absolute atomic E-state index is 6.23. The van der Waals surface area contributed by atoms with Crippen molar-refractivity contribution in [2.45, 2.75) is 6.04 Å². The standard InChI is InChI=1S/C16H20N2O3.ClH/c1-19-12-9-11(13(17)10-7-5-4-6-8-10)14(18)16(21-3)15(12)20-2;/h4-9,13H,17-18H2,1-3H3;1H. The molecule has 0 aliphatic carbocycles. The maximum Gasteiger partial charge on any atom is 0.205 e. The van der Waals surface area contributed by atoms with E-state index in [-0.39, 0.29) is 18.4 Å². The summed E-state index contributed by atoms with van der Waals surface area (Å²) in [5.74, 6) is 1.53. The molecule has 1 atom stereocenters. The van der Waals surface area contributed by atoms with E-state index >= 15 is 0 Å². The Kier molecular flexibility index (Phi) is 6.34. The molecule has 120 valence electrons. The number of hydrogen-bond donors (Lipinski definition) is 2. The molecule has 0 aliphatic heterocycles. The molecule has 0 saturated heterocycles. The molecule has 5 N–H and O–H groups in total. The number of methoxy groups -OCH3 is 3. The number of nitrogen functional groups attached to an aromatic ring is 1. The second-order valence-corrected chi connectivity index (χ2v) is 4.61. The van der Waals surface area contributed by atoms with E-state index in [4.69, 9.17) is 19.9 Å². The first-order valence-corrected chi connectivity index (χ1v) is 6.60. The number of nitrogens with two attached hydrogens (primary N) is 1. The molecular formula is C16H21ClN2O3. The Labute approximate surface area is 136 Å². The Hall–Kier alpha value is -2.11. The average Bonchev–Trinajstić information content (AvgIpc) is 2.54. The van der Waals surface area contributed by atoms with E-state index in [9.17, 15) is 0 Å². The largest absolute Gasteiger partial charge is 1.00 e. The quantitative estimate of drug-likeness (QED) is 0.665. The van der Waals surface area contributed by atoms with Crippen LogP contribution in [0.1, 0.15) is 17.2 Å². The summed E-state index contributed by atoms with van der Waals surface area (Å²) in [5, 5.41) is 0. The van der Waals surface area contributed by atoms with E-state index in [1.807, 2.05) is 36.4 Å². The average molecular weight is 325 g/mol. The fraction of sp³-hybridized carbons (Fsp3) is 0.250. The first-order valence-electron chi connectivity index (χ1n) is 6.60. The Morgan fingerprint density at radius 1 is 0.955 bits per heavy atom.